The highest BCUT2D eigenvalue weighted by molar-refractivity contribution is 6.42. The van der Waals surface area contributed by atoms with Crippen molar-refractivity contribution in [1.29, 1.82) is 0 Å². The van der Waals surface area contributed by atoms with Crippen LogP contribution in [0.3, 0.4) is 0 Å². The average Bonchev–Trinajstić information content (AvgIpc) is 2.67. The van der Waals surface area contributed by atoms with E-state index in [9.17, 15) is 14.4 Å². The molecule has 2 N–H and O–H groups in total. The van der Waals surface area contributed by atoms with Gasteiger partial charge in [-0.1, -0.05) is 30.1 Å². The van der Waals surface area contributed by atoms with Crippen LogP contribution in [0, 0.1) is 0 Å². The summed E-state index contributed by atoms with van der Waals surface area (Å²) in [4.78, 5) is 36.9. The largest absolute Gasteiger partial charge is 0.325 e. The maximum Gasteiger partial charge on any atom is 0.325 e. The molecule has 1 aliphatic heterocycles. The first-order valence-corrected chi connectivity index (χ1v) is 7.41. The van der Waals surface area contributed by atoms with Crippen molar-refractivity contribution >= 4 is 46.7 Å². The van der Waals surface area contributed by atoms with Gasteiger partial charge in [0.05, 0.1) is 10.0 Å². The second-order valence-electron chi connectivity index (χ2n) is 5.18. The zero-order chi connectivity index (χ0) is 16.5. The summed E-state index contributed by atoms with van der Waals surface area (Å²) in [5.41, 5.74) is -0.522. The number of rotatable bonds is 4. The minimum absolute atomic E-state index is 0.299. The van der Waals surface area contributed by atoms with Crippen molar-refractivity contribution in [3.05, 3.63) is 28.2 Å². The molecular formula is C14H15Cl2N3O3. The van der Waals surface area contributed by atoms with Crippen LogP contribution in [0.25, 0.3) is 0 Å². The number of halogens is 2. The molecule has 1 aromatic carbocycles. The van der Waals surface area contributed by atoms with Gasteiger partial charge in [-0.3, -0.25) is 14.5 Å². The van der Waals surface area contributed by atoms with Crippen molar-refractivity contribution in [2.24, 2.45) is 0 Å². The summed E-state index contributed by atoms with van der Waals surface area (Å²) in [5, 5.41) is 5.82. The molecule has 4 amide bonds. The Morgan fingerprint density at radius 3 is 2.55 bits per heavy atom. The zero-order valence-corrected chi connectivity index (χ0v) is 13.6. The van der Waals surface area contributed by atoms with E-state index in [-0.39, 0.29) is 6.54 Å². The monoisotopic (exact) mass is 343 g/mol. The Bertz CT molecular complexity index is 650. The molecule has 2 rings (SSSR count). The van der Waals surface area contributed by atoms with E-state index in [1.54, 1.807) is 26.0 Å². The standard InChI is InChI=1S/C14H15Cl2N3O3/c1-3-14(2)12(21)19(13(22)18-14)7-11(20)17-8-4-5-9(15)10(16)6-8/h4-6H,3,7H2,1-2H3,(H,17,20)(H,18,22)/t14-/m0/s1. The number of benzene rings is 1. The lowest BCUT2D eigenvalue weighted by Crippen LogP contribution is -2.44. The van der Waals surface area contributed by atoms with Gasteiger partial charge in [-0.05, 0) is 31.5 Å². The molecular weight excluding hydrogens is 329 g/mol. The first-order valence-electron chi connectivity index (χ1n) is 6.66. The van der Waals surface area contributed by atoms with Gasteiger partial charge in [0.15, 0.2) is 0 Å². The number of urea groups is 1. The predicted octanol–water partition coefficient (Wildman–Crippen LogP) is 2.65. The first kappa shape index (κ1) is 16.6. The van der Waals surface area contributed by atoms with Gasteiger partial charge in [0.25, 0.3) is 5.91 Å². The number of carbonyl (C=O) groups is 3. The maximum atomic E-state index is 12.2. The molecule has 0 saturated carbocycles. The number of nitrogens with one attached hydrogen (secondary N) is 2. The maximum absolute atomic E-state index is 12.2. The van der Waals surface area contributed by atoms with Crippen LogP contribution in [0.1, 0.15) is 20.3 Å². The smallest absolute Gasteiger partial charge is 0.324 e. The summed E-state index contributed by atoms with van der Waals surface area (Å²) in [6.07, 6.45) is 0.447. The second kappa shape index (κ2) is 6.14. The highest BCUT2D eigenvalue weighted by Crippen LogP contribution is 2.25. The Hall–Kier alpha value is -1.79. The van der Waals surface area contributed by atoms with Gasteiger partial charge in [-0.15, -0.1) is 0 Å². The van der Waals surface area contributed by atoms with Crippen molar-refractivity contribution in [3.63, 3.8) is 0 Å². The van der Waals surface area contributed by atoms with E-state index in [1.807, 2.05) is 0 Å². The fourth-order valence-corrected chi connectivity index (χ4v) is 2.35. The summed E-state index contributed by atoms with van der Waals surface area (Å²) in [6, 6.07) is 4.04. The molecule has 118 valence electrons. The molecule has 0 aliphatic carbocycles. The molecule has 0 bridgehead atoms. The van der Waals surface area contributed by atoms with Crippen LogP contribution in [0.4, 0.5) is 10.5 Å². The highest BCUT2D eigenvalue weighted by Gasteiger charge is 2.46. The van der Waals surface area contributed by atoms with Gasteiger partial charge in [-0.2, -0.15) is 0 Å². The first-order chi connectivity index (χ1) is 10.3. The van der Waals surface area contributed by atoms with Crippen molar-refractivity contribution in [1.82, 2.24) is 10.2 Å². The number of imide groups is 1. The molecule has 22 heavy (non-hydrogen) atoms. The van der Waals surface area contributed by atoms with Crippen LogP contribution in [-0.4, -0.2) is 34.8 Å². The van der Waals surface area contributed by atoms with Gasteiger partial charge in [-0.25, -0.2) is 4.79 Å². The molecule has 1 saturated heterocycles. The average molecular weight is 344 g/mol. The summed E-state index contributed by atoms with van der Waals surface area (Å²) < 4.78 is 0. The van der Waals surface area contributed by atoms with Crippen LogP contribution in [0.5, 0.6) is 0 Å². The normalized spacial score (nSPS) is 21.0. The van der Waals surface area contributed by atoms with E-state index in [0.717, 1.165) is 4.90 Å². The van der Waals surface area contributed by atoms with Crippen LogP contribution in [-0.2, 0) is 9.59 Å². The van der Waals surface area contributed by atoms with Crippen molar-refractivity contribution in [3.8, 4) is 0 Å². The Balaban J connectivity index is 2.04. The summed E-state index contributed by atoms with van der Waals surface area (Å²) >= 11 is 11.6. The van der Waals surface area contributed by atoms with Crippen LogP contribution >= 0.6 is 23.2 Å². The third-order valence-corrected chi connectivity index (χ3v) is 4.30. The van der Waals surface area contributed by atoms with Crippen LogP contribution in [0.15, 0.2) is 18.2 Å². The zero-order valence-electron chi connectivity index (χ0n) is 12.1. The van der Waals surface area contributed by atoms with Crippen LogP contribution < -0.4 is 10.6 Å². The van der Waals surface area contributed by atoms with Crippen LogP contribution in [0.2, 0.25) is 10.0 Å². The molecule has 1 heterocycles. The third-order valence-electron chi connectivity index (χ3n) is 3.56. The summed E-state index contributed by atoms with van der Waals surface area (Å²) in [7, 11) is 0. The van der Waals surface area contributed by atoms with E-state index in [0.29, 0.717) is 22.2 Å². The lowest BCUT2D eigenvalue weighted by atomic mass is 9.99. The number of anilines is 1. The Kier molecular flexibility index (Phi) is 4.63. The molecule has 0 unspecified atom stereocenters. The molecule has 1 aromatic rings. The molecule has 0 radical (unpaired) electrons. The van der Waals surface area contributed by atoms with Gasteiger partial charge >= 0.3 is 6.03 Å². The van der Waals surface area contributed by atoms with E-state index >= 15 is 0 Å². The number of hydrogen-bond acceptors (Lipinski definition) is 3. The molecule has 0 aromatic heterocycles. The second-order valence-corrected chi connectivity index (χ2v) is 6.00. The predicted molar refractivity (Wildman–Crippen MR) is 84.0 cm³/mol. The number of amides is 4. The fourth-order valence-electron chi connectivity index (χ4n) is 2.05. The molecule has 1 aliphatic rings. The molecule has 1 fully saturated rings. The Labute approximate surface area is 137 Å². The van der Waals surface area contributed by atoms with Gasteiger partial charge < -0.3 is 10.6 Å². The third kappa shape index (κ3) is 3.18. The summed E-state index contributed by atoms with van der Waals surface area (Å²) in [6.45, 7) is 3.06. The van der Waals surface area contributed by atoms with Crippen molar-refractivity contribution in [2.75, 3.05) is 11.9 Å². The highest BCUT2D eigenvalue weighted by atomic mass is 35.5. The molecule has 0 spiro atoms. The van der Waals surface area contributed by atoms with E-state index < -0.39 is 23.4 Å². The fraction of sp³-hybridized carbons (Fsp3) is 0.357. The van der Waals surface area contributed by atoms with Gasteiger partial charge in [0.1, 0.15) is 12.1 Å². The minimum atomic E-state index is -0.957. The SMILES string of the molecule is CC[C@]1(C)NC(=O)N(CC(=O)Nc2ccc(Cl)c(Cl)c2)C1=O. The summed E-state index contributed by atoms with van der Waals surface area (Å²) in [5.74, 6) is -0.911. The number of nitrogens with zero attached hydrogens (tertiary/aromatic N) is 1. The quantitative estimate of drug-likeness (QED) is 0.825. The van der Waals surface area contributed by atoms with E-state index in [2.05, 4.69) is 10.6 Å². The molecule has 1 atom stereocenters. The topological polar surface area (TPSA) is 78.5 Å². The van der Waals surface area contributed by atoms with E-state index in [4.69, 9.17) is 23.2 Å². The Morgan fingerprint density at radius 1 is 1.32 bits per heavy atom. The van der Waals surface area contributed by atoms with Crippen molar-refractivity contribution < 1.29 is 14.4 Å². The number of carbonyl (C=O) groups excluding carboxylic acids is 3. The number of hydrogen-bond donors (Lipinski definition) is 2. The lowest BCUT2D eigenvalue weighted by Gasteiger charge is -2.19. The minimum Gasteiger partial charge on any atom is -0.324 e. The molecule has 8 heteroatoms. The Morgan fingerprint density at radius 2 is 2.00 bits per heavy atom. The van der Waals surface area contributed by atoms with Crippen molar-refractivity contribution in [2.45, 2.75) is 25.8 Å². The lowest BCUT2D eigenvalue weighted by molar-refractivity contribution is -0.133. The van der Waals surface area contributed by atoms with Gasteiger partial charge in [0.2, 0.25) is 5.91 Å². The molecule has 6 nitrogen and oxygen atoms in total. The van der Waals surface area contributed by atoms with Gasteiger partial charge in [0, 0.05) is 5.69 Å². The van der Waals surface area contributed by atoms with E-state index in [1.165, 1.54) is 6.07 Å².